The fourth-order valence-corrected chi connectivity index (χ4v) is 4.01. The molecule has 0 aromatic rings. The van der Waals surface area contributed by atoms with E-state index in [-0.39, 0.29) is 17.1 Å². The Labute approximate surface area is 113 Å². The Kier molecular flexibility index (Phi) is 4.27. The van der Waals surface area contributed by atoms with Gasteiger partial charge in [-0.1, -0.05) is 32.1 Å². The largest absolute Gasteiger partial charge is 0.478 e. The van der Waals surface area contributed by atoms with Gasteiger partial charge in [-0.05, 0) is 37.5 Å². The van der Waals surface area contributed by atoms with E-state index in [1.54, 1.807) is 0 Å². The van der Waals surface area contributed by atoms with Crippen molar-refractivity contribution in [1.82, 2.24) is 0 Å². The van der Waals surface area contributed by atoms with Crippen molar-refractivity contribution in [2.24, 2.45) is 17.8 Å². The zero-order valence-corrected chi connectivity index (χ0v) is 11.4. The summed E-state index contributed by atoms with van der Waals surface area (Å²) in [7, 11) is 0. The third-order valence-corrected chi connectivity index (χ3v) is 4.90. The number of carboxylic acids is 2. The first-order valence-corrected chi connectivity index (χ1v) is 7.19. The number of aliphatic carboxylic acids is 2. The van der Waals surface area contributed by atoms with E-state index in [1.165, 1.54) is 26.2 Å². The summed E-state index contributed by atoms with van der Waals surface area (Å²) in [4.78, 5) is 22.6. The zero-order valence-electron chi connectivity index (χ0n) is 11.4. The molecule has 0 bridgehead atoms. The van der Waals surface area contributed by atoms with E-state index in [1.807, 2.05) is 0 Å². The summed E-state index contributed by atoms with van der Waals surface area (Å²) in [6.07, 6.45) is 7.65. The second-order valence-corrected chi connectivity index (χ2v) is 5.89. The highest BCUT2D eigenvalue weighted by Crippen LogP contribution is 2.47. The molecule has 2 aliphatic carbocycles. The quantitative estimate of drug-likeness (QED) is 0.770. The molecule has 0 amide bonds. The van der Waals surface area contributed by atoms with Crippen molar-refractivity contribution in [2.75, 3.05) is 0 Å². The van der Waals surface area contributed by atoms with Gasteiger partial charge in [0.2, 0.25) is 0 Å². The van der Waals surface area contributed by atoms with Crippen LogP contribution in [0.5, 0.6) is 0 Å². The smallest absolute Gasteiger partial charge is 0.332 e. The van der Waals surface area contributed by atoms with Crippen molar-refractivity contribution < 1.29 is 19.8 Å². The first kappa shape index (κ1) is 14.1. The van der Waals surface area contributed by atoms with Gasteiger partial charge >= 0.3 is 11.9 Å². The molecule has 0 radical (unpaired) electrons. The van der Waals surface area contributed by atoms with Gasteiger partial charge in [0.25, 0.3) is 0 Å². The van der Waals surface area contributed by atoms with Gasteiger partial charge in [-0.25, -0.2) is 9.59 Å². The molecule has 3 atom stereocenters. The van der Waals surface area contributed by atoms with E-state index in [4.69, 9.17) is 5.11 Å². The van der Waals surface area contributed by atoms with E-state index in [0.717, 1.165) is 25.7 Å². The lowest BCUT2D eigenvalue weighted by atomic mass is 9.63. The minimum absolute atomic E-state index is 0.0173. The molecule has 2 aliphatic rings. The van der Waals surface area contributed by atoms with E-state index >= 15 is 0 Å². The van der Waals surface area contributed by atoms with Crippen molar-refractivity contribution in [3.05, 3.63) is 11.1 Å². The first-order valence-electron chi connectivity index (χ1n) is 7.19. The lowest BCUT2D eigenvalue weighted by molar-refractivity contribution is -0.136. The molecule has 2 rings (SSSR count). The number of hydrogen-bond acceptors (Lipinski definition) is 2. The van der Waals surface area contributed by atoms with Crippen LogP contribution in [0.3, 0.4) is 0 Å². The SMILES string of the molecule is CC(C(=O)O)=C(C(=O)O)C1CCCC2CCCCC21. The molecule has 0 aliphatic heterocycles. The highest BCUT2D eigenvalue weighted by Gasteiger charge is 2.39. The monoisotopic (exact) mass is 266 g/mol. The molecule has 19 heavy (non-hydrogen) atoms. The van der Waals surface area contributed by atoms with Crippen molar-refractivity contribution in [2.45, 2.75) is 51.9 Å². The standard InChI is InChI=1S/C15H22O4/c1-9(14(16)17)13(15(18)19)12-8-4-6-10-5-2-3-7-11(10)12/h10-12H,2-8H2,1H3,(H,16,17)(H,18,19). The van der Waals surface area contributed by atoms with Crippen LogP contribution in [-0.2, 0) is 9.59 Å². The molecule has 4 nitrogen and oxygen atoms in total. The maximum Gasteiger partial charge on any atom is 0.332 e. The molecule has 0 spiro atoms. The highest BCUT2D eigenvalue weighted by atomic mass is 16.4. The van der Waals surface area contributed by atoms with Gasteiger partial charge in [-0.2, -0.15) is 0 Å². The Bertz CT molecular complexity index is 408. The fraction of sp³-hybridized carbons (Fsp3) is 0.733. The Morgan fingerprint density at radius 3 is 2.16 bits per heavy atom. The summed E-state index contributed by atoms with van der Waals surface area (Å²) < 4.78 is 0. The van der Waals surface area contributed by atoms with E-state index in [0.29, 0.717) is 11.8 Å². The van der Waals surface area contributed by atoms with Crippen molar-refractivity contribution in [1.29, 1.82) is 0 Å². The lowest BCUT2D eigenvalue weighted by Gasteiger charge is -2.42. The molecule has 2 N–H and O–H groups in total. The van der Waals surface area contributed by atoms with Gasteiger partial charge in [0, 0.05) is 5.57 Å². The van der Waals surface area contributed by atoms with Gasteiger partial charge in [0.1, 0.15) is 0 Å². The molecule has 3 unspecified atom stereocenters. The second kappa shape index (κ2) is 5.76. The topological polar surface area (TPSA) is 74.6 Å². The van der Waals surface area contributed by atoms with Crippen LogP contribution in [0.25, 0.3) is 0 Å². The highest BCUT2D eigenvalue weighted by molar-refractivity contribution is 5.98. The second-order valence-electron chi connectivity index (χ2n) is 5.89. The van der Waals surface area contributed by atoms with E-state index < -0.39 is 11.9 Å². The molecule has 2 saturated carbocycles. The molecule has 0 saturated heterocycles. The Morgan fingerprint density at radius 2 is 1.53 bits per heavy atom. The number of carbonyl (C=O) groups is 2. The maximum absolute atomic E-state index is 11.5. The van der Waals surface area contributed by atoms with Crippen molar-refractivity contribution in [3.63, 3.8) is 0 Å². The van der Waals surface area contributed by atoms with Crippen LogP contribution in [0.1, 0.15) is 51.9 Å². The normalized spacial score (nSPS) is 32.2. The predicted octanol–water partition coefficient (Wildman–Crippen LogP) is 3.08. The Hall–Kier alpha value is -1.32. The van der Waals surface area contributed by atoms with Crippen LogP contribution in [-0.4, -0.2) is 22.2 Å². The predicted molar refractivity (Wildman–Crippen MR) is 70.8 cm³/mol. The molecule has 0 aromatic carbocycles. The van der Waals surface area contributed by atoms with Crippen LogP contribution in [0.15, 0.2) is 11.1 Å². The van der Waals surface area contributed by atoms with Crippen molar-refractivity contribution >= 4 is 11.9 Å². The maximum atomic E-state index is 11.5. The van der Waals surface area contributed by atoms with Crippen LogP contribution in [0, 0.1) is 17.8 Å². The minimum atomic E-state index is -1.10. The molecule has 0 heterocycles. The summed E-state index contributed by atoms with van der Waals surface area (Å²) in [6, 6.07) is 0. The summed E-state index contributed by atoms with van der Waals surface area (Å²) in [5.74, 6) is -1.23. The van der Waals surface area contributed by atoms with Crippen LogP contribution in [0.2, 0.25) is 0 Å². The summed E-state index contributed by atoms with van der Waals surface area (Å²) in [5.41, 5.74) is 0.174. The number of hydrogen-bond donors (Lipinski definition) is 2. The molecule has 0 aromatic heterocycles. The van der Waals surface area contributed by atoms with Gasteiger partial charge in [0.05, 0.1) is 5.57 Å². The molecule has 4 heteroatoms. The number of carboxylic acid groups (broad SMARTS) is 2. The first-order chi connectivity index (χ1) is 9.02. The van der Waals surface area contributed by atoms with Gasteiger partial charge in [-0.3, -0.25) is 0 Å². The van der Waals surface area contributed by atoms with Gasteiger partial charge < -0.3 is 10.2 Å². The van der Waals surface area contributed by atoms with Gasteiger partial charge in [-0.15, -0.1) is 0 Å². The summed E-state index contributed by atoms with van der Waals surface area (Å²) >= 11 is 0. The molecule has 2 fully saturated rings. The lowest BCUT2D eigenvalue weighted by Crippen LogP contribution is -2.34. The molecule has 106 valence electrons. The summed E-state index contributed by atoms with van der Waals surface area (Å²) in [5, 5.41) is 18.5. The van der Waals surface area contributed by atoms with Gasteiger partial charge in [0.15, 0.2) is 0 Å². The third kappa shape index (κ3) is 2.82. The minimum Gasteiger partial charge on any atom is -0.478 e. The van der Waals surface area contributed by atoms with Crippen LogP contribution in [0.4, 0.5) is 0 Å². The molecular formula is C15H22O4. The van der Waals surface area contributed by atoms with Crippen molar-refractivity contribution in [3.8, 4) is 0 Å². The van der Waals surface area contributed by atoms with Crippen LogP contribution >= 0.6 is 0 Å². The van der Waals surface area contributed by atoms with E-state index in [2.05, 4.69) is 0 Å². The Balaban J connectivity index is 2.33. The van der Waals surface area contributed by atoms with E-state index in [9.17, 15) is 14.7 Å². The fourth-order valence-electron chi connectivity index (χ4n) is 4.01. The Morgan fingerprint density at radius 1 is 0.895 bits per heavy atom. The van der Waals surface area contributed by atoms with Crippen LogP contribution < -0.4 is 0 Å². The third-order valence-electron chi connectivity index (χ3n) is 4.90. The summed E-state index contributed by atoms with van der Waals surface area (Å²) in [6.45, 7) is 1.43. The number of fused-ring (bicyclic) bond motifs is 1. The number of rotatable bonds is 3. The zero-order chi connectivity index (χ0) is 14.0. The molecular weight excluding hydrogens is 244 g/mol. The average Bonchev–Trinajstić information content (AvgIpc) is 2.38. The average molecular weight is 266 g/mol.